The maximum Gasteiger partial charge on any atom is 0.253 e. The first-order valence-electron chi connectivity index (χ1n) is 9.05. The minimum absolute atomic E-state index is 0.106. The van der Waals surface area contributed by atoms with Crippen LogP contribution < -0.4 is 15.5 Å². The van der Waals surface area contributed by atoms with Crippen LogP contribution in [0.4, 0.5) is 15.9 Å². The number of likely N-dealkylation sites (N-methyl/N-ethyl adjacent to an activating group) is 1. The van der Waals surface area contributed by atoms with E-state index >= 15 is 0 Å². The summed E-state index contributed by atoms with van der Waals surface area (Å²) in [7, 11) is 1.64. The Morgan fingerprint density at radius 3 is 2.86 bits per heavy atom. The average molecular weight is 394 g/mol. The monoisotopic (exact) mass is 394 g/mol. The van der Waals surface area contributed by atoms with Crippen molar-refractivity contribution in [3.05, 3.63) is 65.9 Å². The summed E-state index contributed by atoms with van der Waals surface area (Å²) in [5.74, 6) is -0.266. The molecular formula is C20H19FN6O2. The number of hydrogen-bond acceptors (Lipinski definition) is 5. The Balaban J connectivity index is 1.51. The summed E-state index contributed by atoms with van der Waals surface area (Å²) in [6.07, 6.45) is 4.71. The number of nitrogens with zero attached hydrogens (tertiary/aromatic N) is 4. The lowest BCUT2D eigenvalue weighted by Crippen LogP contribution is -2.37. The SMILES string of the molecule is CC(NC(=O)c1cnc2c(c1)N(C)C(=O)CN2)c1cnn(-c2ccccc2F)c1. The molecule has 1 aliphatic heterocycles. The molecule has 148 valence electrons. The Kier molecular flexibility index (Phi) is 4.71. The summed E-state index contributed by atoms with van der Waals surface area (Å²) in [5.41, 5.74) is 1.94. The molecule has 2 amide bonds. The molecule has 3 heterocycles. The third-order valence-electron chi connectivity index (χ3n) is 4.82. The van der Waals surface area contributed by atoms with Gasteiger partial charge in [-0.2, -0.15) is 5.10 Å². The lowest BCUT2D eigenvalue weighted by molar-refractivity contribution is -0.116. The molecule has 0 bridgehead atoms. The van der Waals surface area contributed by atoms with Gasteiger partial charge in [0.2, 0.25) is 5.91 Å². The van der Waals surface area contributed by atoms with Gasteiger partial charge < -0.3 is 15.5 Å². The number of benzene rings is 1. The van der Waals surface area contributed by atoms with Crippen LogP contribution >= 0.6 is 0 Å². The van der Waals surface area contributed by atoms with Crippen LogP contribution in [0.1, 0.15) is 28.9 Å². The number of fused-ring (bicyclic) bond motifs is 1. The predicted molar refractivity (Wildman–Crippen MR) is 106 cm³/mol. The first-order chi connectivity index (χ1) is 13.9. The van der Waals surface area contributed by atoms with Gasteiger partial charge in [0, 0.05) is 25.0 Å². The maximum absolute atomic E-state index is 13.9. The Labute approximate surface area is 166 Å². The van der Waals surface area contributed by atoms with Crippen LogP contribution in [-0.2, 0) is 4.79 Å². The molecule has 3 aromatic rings. The number of nitrogens with one attached hydrogen (secondary N) is 2. The van der Waals surface area contributed by atoms with Crippen LogP contribution in [0.25, 0.3) is 5.69 Å². The van der Waals surface area contributed by atoms with Crippen molar-refractivity contribution in [3.63, 3.8) is 0 Å². The molecular weight excluding hydrogens is 375 g/mol. The van der Waals surface area contributed by atoms with Gasteiger partial charge in [-0.05, 0) is 25.1 Å². The van der Waals surface area contributed by atoms with Gasteiger partial charge in [-0.25, -0.2) is 14.1 Å². The molecule has 0 fully saturated rings. The summed E-state index contributed by atoms with van der Waals surface area (Å²) < 4.78 is 15.4. The van der Waals surface area contributed by atoms with Crippen molar-refractivity contribution in [2.24, 2.45) is 0 Å². The van der Waals surface area contributed by atoms with Gasteiger partial charge in [0.05, 0.1) is 30.0 Å². The molecule has 9 heteroatoms. The van der Waals surface area contributed by atoms with Crippen LogP contribution in [-0.4, -0.2) is 40.2 Å². The summed E-state index contributed by atoms with van der Waals surface area (Å²) in [6.45, 7) is 1.98. The number of pyridine rings is 1. The van der Waals surface area contributed by atoms with Crippen LogP contribution in [0.3, 0.4) is 0 Å². The van der Waals surface area contributed by atoms with Crippen molar-refractivity contribution in [1.82, 2.24) is 20.1 Å². The van der Waals surface area contributed by atoms with Gasteiger partial charge in [0.25, 0.3) is 5.91 Å². The van der Waals surface area contributed by atoms with E-state index in [1.807, 2.05) is 6.92 Å². The fourth-order valence-electron chi connectivity index (χ4n) is 3.07. The van der Waals surface area contributed by atoms with E-state index in [4.69, 9.17) is 0 Å². The second-order valence-corrected chi connectivity index (χ2v) is 6.76. The Bertz CT molecular complexity index is 1100. The predicted octanol–water partition coefficient (Wildman–Crippen LogP) is 2.29. The molecule has 0 saturated heterocycles. The van der Waals surface area contributed by atoms with E-state index in [2.05, 4.69) is 20.7 Å². The highest BCUT2D eigenvalue weighted by Crippen LogP contribution is 2.27. The Morgan fingerprint density at radius 1 is 1.28 bits per heavy atom. The zero-order valence-electron chi connectivity index (χ0n) is 15.9. The van der Waals surface area contributed by atoms with E-state index < -0.39 is 0 Å². The number of halogens is 1. The van der Waals surface area contributed by atoms with Crippen molar-refractivity contribution in [1.29, 1.82) is 0 Å². The normalized spacial score (nSPS) is 14.2. The quantitative estimate of drug-likeness (QED) is 0.708. The van der Waals surface area contributed by atoms with Crippen LogP contribution in [0, 0.1) is 5.82 Å². The number of aromatic nitrogens is 3. The molecule has 1 aliphatic rings. The van der Waals surface area contributed by atoms with Crippen molar-refractivity contribution >= 4 is 23.3 Å². The third kappa shape index (κ3) is 3.54. The summed E-state index contributed by atoms with van der Waals surface area (Å²) in [4.78, 5) is 30.2. The largest absolute Gasteiger partial charge is 0.359 e. The smallest absolute Gasteiger partial charge is 0.253 e. The van der Waals surface area contributed by atoms with Crippen molar-refractivity contribution < 1.29 is 14.0 Å². The van der Waals surface area contributed by atoms with Crippen molar-refractivity contribution in [2.45, 2.75) is 13.0 Å². The number of carbonyl (C=O) groups excluding carboxylic acids is 2. The highest BCUT2D eigenvalue weighted by molar-refractivity contribution is 6.03. The first kappa shape index (κ1) is 18.6. The molecule has 2 N–H and O–H groups in total. The molecule has 1 aromatic carbocycles. The second-order valence-electron chi connectivity index (χ2n) is 6.76. The topological polar surface area (TPSA) is 92.2 Å². The molecule has 8 nitrogen and oxygen atoms in total. The number of amides is 2. The molecule has 0 radical (unpaired) electrons. The van der Waals surface area contributed by atoms with Crippen molar-refractivity contribution in [2.75, 3.05) is 23.8 Å². The van der Waals surface area contributed by atoms with E-state index in [9.17, 15) is 14.0 Å². The number of para-hydroxylation sites is 1. The van der Waals surface area contributed by atoms with E-state index in [1.54, 1.807) is 43.7 Å². The van der Waals surface area contributed by atoms with Gasteiger partial charge in [-0.1, -0.05) is 12.1 Å². The van der Waals surface area contributed by atoms with Gasteiger partial charge in [0.1, 0.15) is 17.3 Å². The second kappa shape index (κ2) is 7.34. The molecule has 0 spiro atoms. The van der Waals surface area contributed by atoms with E-state index in [1.165, 1.54) is 21.8 Å². The van der Waals surface area contributed by atoms with Gasteiger partial charge in [-0.3, -0.25) is 9.59 Å². The average Bonchev–Trinajstić information content (AvgIpc) is 3.21. The summed E-state index contributed by atoms with van der Waals surface area (Å²) in [6, 6.07) is 7.58. The maximum atomic E-state index is 13.9. The number of hydrogen-bond donors (Lipinski definition) is 2. The fourth-order valence-corrected chi connectivity index (χ4v) is 3.07. The molecule has 4 rings (SSSR count). The van der Waals surface area contributed by atoms with Crippen molar-refractivity contribution in [3.8, 4) is 5.69 Å². The highest BCUT2D eigenvalue weighted by Gasteiger charge is 2.23. The molecule has 0 aliphatic carbocycles. The van der Waals surface area contributed by atoms with Gasteiger partial charge in [-0.15, -0.1) is 0 Å². The molecule has 29 heavy (non-hydrogen) atoms. The highest BCUT2D eigenvalue weighted by atomic mass is 19.1. The van der Waals surface area contributed by atoms with E-state index in [0.29, 0.717) is 22.8 Å². The van der Waals surface area contributed by atoms with Crippen LogP contribution in [0.2, 0.25) is 0 Å². The summed E-state index contributed by atoms with van der Waals surface area (Å²) >= 11 is 0. The van der Waals surface area contributed by atoms with Crippen LogP contribution in [0.5, 0.6) is 0 Å². The van der Waals surface area contributed by atoms with E-state index in [0.717, 1.165) is 5.56 Å². The lowest BCUT2D eigenvalue weighted by atomic mass is 10.1. The minimum atomic E-state index is -0.383. The van der Waals surface area contributed by atoms with Crippen LogP contribution in [0.15, 0.2) is 48.9 Å². The summed E-state index contributed by atoms with van der Waals surface area (Å²) in [5, 5.41) is 9.98. The minimum Gasteiger partial charge on any atom is -0.359 e. The number of carbonyl (C=O) groups is 2. The lowest BCUT2D eigenvalue weighted by Gasteiger charge is -2.26. The Morgan fingerprint density at radius 2 is 2.07 bits per heavy atom. The zero-order valence-corrected chi connectivity index (χ0v) is 15.9. The van der Waals surface area contributed by atoms with Gasteiger partial charge in [0.15, 0.2) is 0 Å². The fraction of sp³-hybridized carbons (Fsp3) is 0.200. The zero-order chi connectivity index (χ0) is 20.5. The number of rotatable bonds is 4. The standard InChI is InChI=1S/C20H19FN6O2/c1-12(14-9-24-27(11-14)16-6-4-3-5-15(16)21)25-20(29)13-7-17-19(22-8-13)23-10-18(28)26(17)2/h3-9,11-12H,10H2,1-2H3,(H,22,23)(H,25,29). The number of anilines is 2. The molecule has 1 unspecified atom stereocenters. The molecule has 2 aromatic heterocycles. The molecule has 0 saturated carbocycles. The van der Waals surface area contributed by atoms with Gasteiger partial charge >= 0.3 is 0 Å². The van der Waals surface area contributed by atoms with E-state index in [-0.39, 0.29) is 30.2 Å². The Hall–Kier alpha value is -3.75. The molecule has 1 atom stereocenters. The third-order valence-corrected chi connectivity index (χ3v) is 4.82. The first-order valence-corrected chi connectivity index (χ1v) is 9.05.